The Hall–Kier alpha value is -1.71. The fraction of sp³-hybridized carbons (Fsp3) is 0.188. The first-order chi connectivity index (χ1) is 10.1. The minimum absolute atomic E-state index is 0.276. The quantitative estimate of drug-likeness (QED) is 0.657. The van der Waals surface area contributed by atoms with E-state index in [-0.39, 0.29) is 5.97 Å². The summed E-state index contributed by atoms with van der Waals surface area (Å²) in [6.45, 7) is 2.33. The molecule has 1 aromatic heterocycles. The molecule has 3 aromatic rings. The topological polar surface area (TPSA) is 31.2 Å². The highest BCUT2D eigenvalue weighted by atomic mass is 35.5. The predicted molar refractivity (Wildman–Crippen MR) is 86.1 cm³/mol. The summed E-state index contributed by atoms with van der Waals surface area (Å²) < 4.78 is 7.16. The molecule has 0 aliphatic heterocycles. The lowest BCUT2D eigenvalue weighted by Crippen LogP contribution is -2.08. The Kier molecular flexibility index (Phi) is 3.79. The van der Waals surface area contributed by atoms with Crippen LogP contribution in [0.15, 0.2) is 36.4 Å². The Labute approximate surface area is 132 Å². The molecule has 0 aliphatic rings. The number of rotatable bonds is 3. The molecule has 0 N–H and O–H groups in total. The molecule has 0 unspecified atom stereocenters. The maximum absolute atomic E-state index is 10.9. The van der Waals surface area contributed by atoms with Crippen LogP contribution in [0.25, 0.3) is 21.8 Å². The van der Waals surface area contributed by atoms with Gasteiger partial charge in [-0.15, -0.1) is 0 Å². The fourth-order valence-electron chi connectivity index (χ4n) is 2.57. The van der Waals surface area contributed by atoms with Crippen molar-refractivity contribution in [1.29, 1.82) is 0 Å². The summed E-state index contributed by atoms with van der Waals surface area (Å²) in [4.78, 5) is 10.9. The summed E-state index contributed by atoms with van der Waals surface area (Å²) in [5.41, 5.74) is 2.09. The van der Waals surface area contributed by atoms with Crippen LogP contribution in [-0.2, 0) is 16.1 Å². The van der Waals surface area contributed by atoms with Crippen LogP contribution in [0.3, 0.4) is 0 Å². The number of fused-ring (bicyclic) bond motifs is 3. The van der Waals surface area contributed by atoms with E-state index in [0.29, 0.717) is 23.2 Å². The molecule has 108 valence electrons. The largest absolute Gasteiger partial charge is 0.464 e. The van der Waals surface area contributed by atoms with Gasteiger partial charge < -0.3 is 9.30 Å². The van der Waals surface area contributed by atoms with E-state index in [0.717, 1.165) is 21.8 Å². The van der Waals surface area contributed by atoms with Crippen LogP contribution >= 0.6 is 23.2 Å². The maximum atomic E-state index is 10.9. The first-order valence-electron chi connectivity index (χ1n) is 6.56. The van der Waals surface area contributed by atoms with Gasteiger partial charge in [0, 0.05) is 38.8 Å². The molecule has 1 heterocycles. The molecular formula is C16H13Cl2NO2. The lowest BCUT2D eigenvalue weighted by Gasteiger charge is -2.07. The Morgan fingerprint density at radius 1 is 1.05 bits per heavy atom. The number of benzene rings is 2. The van der Waals surface area contributed by atoms with Crippen molar-refractivity contribution < 1.29 is 9.53 Å². The van der Waals surface area contributed by atoms with Gasteiger partial charge in [0.15, 0.2) is 0 Å². The van der Waals surface area contributed by atoms with Crippen LogP contribution in [0.5, 0.6) is 0 Å². The molecule has 0 spiro atoms. The Balaban J connectivity index is 2.17. The molecule has 3 nitrogen and oxygen atoms in total. The second-order valence-electron chi connectivity index (χ2n) is 4.81. The van der Waals surface area contributed by atoms with Gasteiger partial charge in [0.1, 0.15) is 6.61 Å². The number of aromatic nitrogens is 1. The van der Waals surface area contributed by atoms with Gasteiger partial charge in [0.25, 0.3) is 0 Å². The normalized spacial score (nSPS) is 11.2. The molecule has 0 amide bonds. The van der Waals surface area contributed by atoms with Crippen molar-refractivity contribution >= 4 is 51.0 Å². The predicted octanol–water partition coefficient (Wildman–Crippen LogP) is 4.66. The molecule has 21 heavy (non-hydrogen) atoms. The highest BCUT2D eigenvalue weighted by Crippen LogP contribution is 2.32. The van der Waals surface area contributed by atoms with Crippen molar-refractivity contribution in [2.24, 2.45) is 0 Å². The standard InChI is InChI=1S/C16H13Cl2NO2/c1-10(20)21-7-6-19-15-4-2-11(17)8-13(15)14-9-12(18)3-5-16(14)19/h2-5,8-9H,6-7H2,1H3. The number of hydrogen-bond acceptors (Lipinski definition) is 2. The Bertz CT molecular complexity index is 780. The van der Waals surface area contributed by atoms with E-state index in [9.17, 15) is 4.79 Å². The van der Waals surface area contributed by atoms with Gasteiger partial charge in [-0.25, -0.2) is 0 Å². The number of carbonyl (C=O) groups is 1. The van der Waals surface area contributed by atoms with Crippen LogP contribution in [0.2, 0.25) is 10.0 Å². The van der Waals surface area contributed by atoms with Crippen molar-refractivity contribution in [1.82, 2.24) is 4.57 Å². The zero-order valence-corrected chi connectivity index (χ0v) is 12.9. The van der Waals surface area contributed by atoms with E-state index in [4.69, 9.17) is 27.9 Å². The number of carbonyl (C=O) groups excluding carboxylic acids is 1. The number of esters is 1. The third-order valence-electron chi connectivity index (χ3n) is 3.41. The van der Waals surface area contributed by atoms with Crippen molar-refractivity contribution in [3.8, 4) is 0 Å². The van der Waals surface area contributed by atoms with E-state index in [1.165, 1.54) is 6.92 Å². The first kappa shape index (κ1) is 14.2. The van der Waals surface area contributed by atoms with Gasteiger partial charge in [-0.05, 0) is 36.4 Å². The molecule has 2 aromatic carbocycles. The van der Waals surface area contributed by atoms with Gasteiger partial charge in [0.2, 0.25) is 0 Å². The zero-order chi connectivity index (χ0) is 15.0. The van der Waals surface area contributed by atoms with Crippen LogP contribution < -0.4 is 0 Å². The summed E-state index contributed by atoms with van der Waals surface area (Å²) in [5.74, 6) is -0.276. The molecule has 0 aliphatic carbocycles. The van der Waals surface area contributed by atoms with Gasteiger partial charge in [-0.3, -0.25) is 4.79 Å². The van der Waals surface area contributed by atoms with Crippen molar-refractivity contribution in [3.05, 3.63) is 46.4 Å². The molecule has 3 rings (SSSR count). The summed E-state index contributed by atoms with van der Waals surface area (Å²) in [7, 11) is 0. The Morgan fingerprint density at radius 2 is 1.57 bits per heavy atom. The molecular weight excluding hydrogens is 309 g/mol. The number of nitrogens with zero attached hydrogens (tertiary/aromatic N) is 1. The third kappa shape index (κ3) is 2.71. The van der Waals surface area contributed by atoms with Crippen molar-refractivity contribution in [2.75, 3.05) is 6.61 Å². The molecule has 0 atom stereocenters. The second kappa shape index (κ2) is 5.58. The maximum Gasteiger partial charge on any atom is 0.302 e. The molecule has 0 fully saturated rings. The summed E-state index contributed by atoms with van der Waals surface area (Å²) in [5, 5.41) is 3.45. The lowest BCUT2D eigenvalue weighted by molar-refractivity contribution is -0.141. The van der Waals surface area contributed by atoms with E-state index in [1.807, 2.05) is 36.4 Å². The monoisotopic (exact) mass is 321 g/mol. The van der Waals surface area contributed by atoms with Crippen molar-refractivity contribution in [2.45, 2.75) is 13.5 Å². The molecule has 5 heteroatoms. The number of ether oxygens (including phenoxy) is 1. The molecule has 0 bridgehead atoms. The highest BCUT2D eigenvalue weighted by Gasteiger charge is 2.11. The lowest BCUT2D eigenvalue weighted by atomic mass is 10.1. The van der Waals surface area contributed by atoms with Gasteiger partial charge in [-0.2, -0.15) is 0 Å². The minimum atomic E-state index is -0.276. The van der Waals surface area contributed by atoms with Gasteiger partial charge >= 0.3 is 5.97 Å². The average Bonchev–Trinajstić information content (AvgIpc) is 2.72. The van der Waals surface area contributed by atoms with Crippen LogP contribution in [0, 0.1) is 0 Å². The summed E-state index contributed by atoms with van der Waals surface area (Å²) >= 11 is 12.2. The van der Waals surface area contributed by atoms with E-state index in [2.05, 4.69) is 4.57 Å². The third-order valence-corrected chi connectivity index (χ3v) is 3.88. The van der Waals surface area contributed by atoms with Gasteiger partial charge in [-0.1, -0.05) is 23.2 Å². The fourth-order valence-corrected chi connectivity index (χ4v) is 2.91. The highest BCUT2D eigenvalue weighted by molar-refractivity contribution is 6.33. The smallest absolute Gasteiger partial charge is 0.302 e. The average molecular weight is 322 g/mol. The second-order valence-corrected chi connectivity index (χ2v) is 5.69. The van der Waals surface area contributed by atoms with Crippen molar-refractivity contribution in [3.63, 3.8) is 0 Å². The summed E-state index contributed by atoms with van der Waals surface area (Å²) in [6.07, 6.45) is 0. The van der Waals surface area contributed by atoms with E-state index in [1.54, 1.807) is 0 Å². The molecule has 0 radical (unpaired) electrons. The van der Waals surface area contributed by atoms with Gasteiger partial charge in [0.05, 0.1) is 6.54 Å². The summed E-state index contributed by atoms with van der Waals surface area (Å²) in [6, 6.07) is 11.5. The first-order valence-corrected chi connectivity index (χ1v) is 7.32. The number of halogens is 2. The van der Waals surface area contributed by atoms with Crippen LogP contribution in [0.1, 0.15) is 6.92 Å². The molecule has 0 saturated carbocycles. The van der Waals surface area contributed by atoms with E-state index < -0.39 is 0 Å². The zero-order valence-electron chi connectivity index (χ0n) is 11.4. The SMILES string of the molecule is CC(=O)OCCn1c2ccc(Cl)cc2c2cc(Cl)ccc21. The van der Waals surface area contributed by atoms with E-state index >= 15 is 0 Å². The molecule has 0 saturated heterocycles. The van der Waals surface area contributed by atoms with Crippen LogP contribution in [-0.4, -0.2) is 17.1 Å². The number of hydrogen-bond donors (Lipinski definition) is 0. The van der Waals surface area contributed by atoms with Crippen LogP contribution in [0.4, 0.5) is 0 Å². The minimum Gasteiger partial charge on any atom is -0.464 e. The Morgan fingerprint density at radius 3 is 2.05 bits per heavy atom.